The minimum absolute atomic E-state index is 0.0872. The molecule has 8 nitrogen and oxygen atoms in total. The number of aromatic nitrogens is 3. The first-order valence-corrected chi connectivity index (χ1v) is 12.4. The Balaban J connectivity index is 1.57. The molecule has 0 aliphatic heterocycles. The van der Waals surface area contributed by atoms with Gasteiger partial charge in [-0.1, -0.05) is 43.3 Å². The van der Waals surface area contributed by atoms with Gasteiger partial charge >= 0.3 is 0 Å². The largest absolute Gasteiger partial charge is 0.491 e. The number of rotatable bonds is 12. The summed E-state index contributed by atoms with van der Waals surface area (Å²) in [6.45, 7) is 4.51. The summed E-state index contributed by atoms with van der Waals surface area (Å²) in [6, 6.07) is 15.6. The third-order valence-electron chi connectivity index (χ3n) is 5.54. The first-order chi connectivity index (χ1) is 16.2. The van der Waals surface area contributed by atoms with Crippen molar-refractivity contribution in [3.05, 3.63) is 69.1 Å². The van der Waals surface area contributed by atoms with Crippen LogP contribution >= 0.6 is 34.2 Å². The van der Waals surface area contributed by atoms with E-state index in [0.717, 1.165) is 11.1 Å². The van der Waals surface area contributed by atoms with Crippen LogP contribution in [0.4, 0.5) is 0 Å². The molecule has 0 spiro atoms. The van der Waals surface area contributed by atoms with Crippen molar-refractivity contribution in [2.45, 2.75) is 44.6 Å². The van der Waals surface area contributed by atoms with E-state index >= 15 is 0 Å². The Bertz CT molecular complexity index is 1040. The van der Waals surface area contributed by atoms with E-state index in [1.165, 1.54) is 4.68 Å². The average molecular weight is 598 g/mol. The zero-order chi connectivity index (χ0) is 24.7. The fraction of sp³-hybridized carbons (Fsp3) is 0.417. The number of hydrogen-bond donors (Lipinski definition) is 3. The maximum atomic E-state index is 10.3. The molecule has 0 aliphatic carbocycles. The number of alkyl halides is 1. The molecule has 0 saturated heterocycles. The summed E-state index contributed by atoms with van der Waals surface area (Å²) < 4.78 is 13.4. The number of aliphatic hydroxyl groups is 3. The number of benzene rings is 2. The summed E-state index contributed by atoms with van der Waals surface area (Å²) >= 11 is 7.59. The normalized spacial score (nSPS) is 13.5. The van der Waals surface area contributed by atoms with Crippen LogP contribution in [0.3, 0.4) is 0 Å². The Morgan fingerprint density at radius 1 is 0.941 bits per heavy atom. The third kappa shape index (κ3) is 6.82. The molecule has 10 heteroatoms. The average Bonchev–Trinajstić information content (AvgIpc) is 3.20. The first kappa shape index (κ1) is 26.7. The molecule has 0 unspecified atom stereocenters. The van der Waals surface area contributed by atoms with Gasteiger partial charge < -0.3 is 24.8 Å². The molecule has 1 heterocycles. The van der Waals surface area contributed by atoms with E-state index in [1.807, 2.05) is 71.1 Å². The molecule has 3 rings (SSSR count). The van der Waals surface area contributed by atoms with Crippen molar-refractivity contribution >= 4 is 34.2 Å². The van der Waals surface area contributed by atoms with Gasteiger partial charge in [-0.2, -0.15) is 0 Å². The second-order valence-corrected chi connectivity index (χ2v) is 9.76. The van der Waals surface area contributed by atoms with E-state index < -0.39 is 12.2 Å². The van der Waals surface area contributed by atoms with Gasteiger partial charge in [-0.15, -0.1) is 16.7 Å². The second-order valence-electron chi connectivity index (χ2n) is 8.42. The van der Waals surface area contributed by atoms with Crippen LogP contribution in [0.5, 0.6) is 11.5 Å². The van der Waals surface area contributed by atoms with Crippen molar-refractivity contribution in [1.29, 1.82) is 0 Å². The zero-order valence-corrected chi connectivity index (χ0v) is 22.0. The van der Waals surface area contributed by atoms with E-state index in [-0.39, 0.29) is 37.7 Å². The number of nitrogens with zero attached hydrogens (tertiary/aromatic N) is 3. The predicted octanol–water partition coefficient (Wildman–Crippen LogP) is 3.12. The predicted molar refractivity (Wildman–Crippen MR) is 137 cm³/mol. The van der Waals surface area contributed by atoms with Gasteiger partial charge in [-0.25, -0.2) is 4.68 Å². The van der Waals surface area contributed by atoms with Gasteiger partial charge in [-0.3, -0.25) is 0 Å². The Morgan fingerprint density at radius 3 is 1.91 bits per heavy atom. The lowest BCUT2D eigenvalue weighted by molar-refractivity contribution is 0.0866. The van der Waals surface area contributed by atoms with Crippen molar-refractivity contribution in [3.63, 3.8) is 0 Å². The van der Waals surface area contributed by atoms with Crippen LogP contribution in [-0.2, 0) is 18.6 Å². The van der Waals surface area contributed by atoms with Crippen molar-refractivity contribution < 1.29 is 24.8 Å². The molecular weight excluding hydrogens is 569 g/mol. The Labute approximate surface area is 217 Å². The number of aliphatic hydroxyl groups excluding tert-OH is 3. The maximum absolute atomic E-state index is 10.3. The molecule has 0 radical (unpaired) electrons. The fourth-order valence-electron chi connectivity index (χ4n) is 3.39. The summed E-state index contributed by atoms with van der Waals surface area (Å²) in [5.74, 6) is 1.46. The van der Waals surface area contributed by atoms with Gasteiger partial charge in [0.05, 0.1) is 24.7 Å². The monoisotopic (exact) mass is 597 g/mol. The molecule has 34 heavy (non-hydrogen) atoms. The molecular formula is C24H29ClIN3O5. The van der Waals surface area contributed by atoms with Crippen LogP contribution < -0.4 is 9.47 Å². The van der Waals surface area contributed by atoms with Crippen molar-refractivity contribution in [2.24, 2.45) is 0 Å². The lowest BCUT2D eigenvalue weighted by atomic mass is 9.78. The SMILES string of the molecule is CC(C)(c1ccc(OC[C@@H](O)CCl)cc1)c1ccc(OC[C@H](O)Cn2nnc([123I])c2CO)cc1. The quantitative estimate of drug-likeness (QED) is 0.217. The van der Waals surface area contributed by atoms with Gasteiger partial charge in [0.15, 0.2) is 0 Å². The Morgan fingerprint density at radius 2 is 1.44 bits per heavy atom. The molecule has 0 fully saturated rings. The molecule has 0 saturated carbocycles. The lowest BCUT2D eigenvalue weighted by Gasteiger charge is -2.26. The molecule has 1 aromatic heterocycles. The van der Waals surface area contributed by atoms with E-state index in [1.54, 1.807) is 0 Å². The van der Waals surface area contributed by atoms with E-state index in [2.05, 4.69) is 24.2 Å². The summed E-state index contributed by atoms with van der Waals surface area (Å²) in [6.07, 6.45) is -1.49. The fourth-order valence-corrected chi connectivity index (χ4v) is 4.02. The molecule has 3 N–H and O–H groups in total. The van der Waals surface area contributed by atoms with Gasteiger partial charge in [0.25, 0.3) is 0 Å². The van der Waals surface area contributed by atoms with Crippen LogP contribution in [0.1, 0.15) is 30.7 Å². The lowest BCUT2D eigenvalue weighted by Crippen LogP contribution is -2.25. The van der Waals surface area contributed by atoms with Gasteiger partial charge in [0.1, 0.15) is 40.6 Å². The highest BCUT2D eigenvalue weighted by Gasteiger charge is 2.23. The molecule has 3 aromatic rings. The first-order valence-electron chi connectivity index (χ1n) is 10.8. The van der Waals surface area contributed by atoms with E-state index in [4.69, 9.17) is 21.1 Å². The molecule has 0 aliphatic rings. The Kier molecular flexibility index (Phi) is 9.55. The topological polar surface area (TPSA) is 110 Å². The molecule has 2 aromatic carbocycles. The van der Waals surface area contributed by atoms with Crippen molar-refractivity contribution in [3.8, 4) is 11.5 Å². The highest BCUT2D eigenvalue weighted by Crippen LogP contribution is 2.33. The summed E-state index contributed by atoms with van der Waals surface area (Å²) in [7, 11) is 0. The smallest absolute Gasteiger partial charge is 0.149 e. The highest BCUT2D eigenvalue weighted by molar-refractivity contribution is 14.1. The second kappa shape index (κ2) is 12.2. The number of halogens is 2. The van der Waals surface area contributed by atoms with Crippen LogP contribution in [0.15, 0.2) is 48.5 Å². The summed E-state index contributed by atoms with van der Waals surface area (Å²) in [4.78, 5) is 0. The van der Waals surface area contributed by atoms with Gasteiger partial charge in [-0.05, 0) is 58.0 Å². The highest BCUT2D eigenvalue weighted by atomic mass is 123. The minimum Gasteiger partial charge on any atom is -0.491 e. The maximum Gasteiger partial charge on any atom is 0.149 e. The minimum atomic E-state index is -0.801. The number of hydrogen-bond acceptors (Lipinski definition) is 7. The van der Waals surface area contributed by atoms with Crippen LogP contribution in [0.2, 0.25) is 0 Å². The zero-order valence-electron chi connectivity index (χ0n) is 19.1. The number of ether oxygens (including phenoxy) is 2. The molecule has 2 atom stereocenters. The van der Waals surface area contributed by atoms with Crippen molar-refractivity contribution in [1.82, 2.24) is 15.0 Å². The molecule has 0 amide bonds. The van der Waals surface area contributed by atoms with Crippen molar-refractivity contribution in [2.75, 3.05) is 19.1 Å². The third-order valence-corrected chi connectivity index (χ3v) is 6.73. The van der Waals surface area contributed by atoms with Crippen LogP contribution in [-0.4, -0.2) is 61.6 Å². The molecule has 184 valence electrons. The van der Waals surface area contributed by atoms with Crippen LogP contribution in [0.25, 0.3) is 0 Å². The summed E-state index contributed by atoms with van der Waals surface area (Å²) in [5, 5.41) is 37.1. The van der Waals surface area contributed by atoms with E-state index in [9.17, 15) is 15.3 Å². The van der Waals surface area contributed by atoms with E-state index in [0.29, 0.717) is 20.9 Å². The Hall–Kier alpha value is -1.92. The van der Waals surface area contributed by atoms with Crippen LogP contribution in [0, 0.1) is 3.70 Å². The van der Waals surface area contributed by atoms with Gasteiger partial charge in [0, 0.05) is 5.41 Å². The standard InChI is InChI=1S/C24H29ClIN3O5/c1-24(2,16-3-7-20(8-4-16)33-14-18(31)11-25)17-5-9-21(10-6-17)34-15-19(32)12-29-22(13-30)23(26)27-28-29/h3-10,18-19,30-32H,11-15H2,1-2H3/t18-,19+/m0/s1/i26-4. The summed E-state index contributed by atoms with van der Waals surface area (Å²) in [5.41, 5.74) is 2.54. The molecule has 0 bridgehead atoms. The van der Waals surface area contributed by atoms with Gasteiger partial charge in [0.2, 0.25) is 0 Å².